The number of rotatable bonds is 10. The van der Waals surface area contributed by atoms with Crippen LogP contribution in [-0.4, -0.2) is 55.1 Å². The highest BCUT2D eigenvalue weighted by atomic mass is 127. The van der Waals surface area contributed by atoms with E-state index in [9.17, 15) is 0 Å². The van der Waals surface area contributed by atoms with Gasteiger partial charge in [-0.05, 0) is 30.5 Å². The molecule has 0 aliphatic heterocycles. The lowest BCUT2D eigenvalue weighted by molar-refractivity contribution is 0.354. The first kappa shape index (κ1) is 24.0. The zero-order chi connectivity index (χ0) is 19.5. The number of benzene rings is 1. The van der Waals surface area contributed by atoms with Crippen molar-refractivity contribution in [2.45, 2.75) is 32.7 Å². The molecular formula is C19H31IN6O2. The van der Waals surface area contributed by atoms with E-state index in [0.29, 0.717) is 0 Å². The first-order valence-corrected chi connectivity index (χ1v) is 9.23. The van der Waals surface area contributed by atoms with Crippen molar-refractivity contribution in [3.05, 3.63) is 35.9 Å². The molecule has 0 aliphatic carbocycles. The quantitative estimate of drug-likeness (QED) is 0.225. The van der Waals surface area contributed by atoms with Gasteiger partial charge in [0.1, 0.15) is 12.2 Å². The van der Waals surface area contributed by atoms with Gasteiger partial charge in [-0.1, -0.05) is 13.0 Å². The summed E-state index contributed by atoms with van der Waals surface area (Å²) in [7, 11) is 5.08. The van der Waals surface area contributed by atoms with Crippen molar-refractivity contribution in [2.24, 2.45) is 4.99 Å². The maximum atomic E-state index is 5.35. The van der Waals surface area contributed by atoms with Crippen LogP contribution in [0.25, 0.3) is 0 Å². The number of methoxy groups -OCH3 is 2. The van der Waals surface area contributed by atoms with Crippen LogP contribution in [0.3, 0.4) is 0 Å². The normalized spacial score (nSPS) is 10.9. The Morgan fingerprint density at radius 2 is 1.89 bits per heavy atom. The van der Waals surface area contributed by atoms with Crippen molar-refractivity contribution in [2.75, 3.05) is 34.4 Å². The third kappa shape index (κ3) is 7.17. The molecule has 0 fully saturated rings. The van der Waals surface area contributed by atoms with E-state index in [4.69, 9.17) is 9.47 Å². The van der Waals surface area contributed by atoms with Crippen LogP contribution in [0.1, 0.15) is 24.7 Å². The highest BCUT2D eigenvalue weighted by Gasteiger charge is 2.05. The van der Waals surface area contributed by atoms with Crippen LogP contribution in [0.2, 0.25) is 0 Å². The van der Waals surface area contributed by atoms with E-state index < -0.39 is 0 Å². The van der Waals surface area contributed by atoms with Gasteiger partial charge in [-0.3, -0.25) is 4.99 Å². The standard InChI is InChI=1S/C19H30N6O2.HI/c1-5-18-24-23-14-25(18)12-11-22-19(20-2)21-10-6-7-15-8-9-16(26-3)17(13-15)27-4;/h8-9,13-14H,5-7,10-12H2,1-4H3,(H2,20,21,22);1H. The molecule has 0 saturated heterocycles. The minimum absolute atomic E-state index is 0. The number of nitrogens with one attached hydrogen (secondary N) is 2. The van der Waals surface area contributed by atoms with E-state index >= 15 is 0 Å². The van der Waals surface area contributed by atoms with Crippen molar-refractivity contribution in [1.82, 2.24) is 25.4 Å². The molecule has 2 aromatic rings. The van der Waals surface area contributed by atoms with E-state index in [2.05, 4.69) is 43.4 Å². The molecule has 2 rings (SSSR count). The lowest BCUT2D eigenvalue weighted by Crippen LogP contribution is -2.39. The maximum Gasteiger partial charge on any atom is 0.191 e. The summed E-state index contributed by atoms with van der Waals surface area (Å²) in [5.74, 6) is 3.31. The molecule has 0 unspecified atom stereocenters. The molecule has 1 heterocycles. The number of nitrogens with zero attached hydrogens (tertiary/aromatic N) is 4. The average molecular weight is 502 g/mol. The molecule has 0 spiro atoms. The van der Waals surface area contributed by atoms with Crippen molar-refractivity contribution < 1.29 is 9.47 Å². The van der Waals surface area contributed by atoms with Crippen LogP contribution in [0.5, 0.6) is 11.5 Å². The zero-order valence-electron chi connectivity index (χ0n) is 17.1. The molecule has 9 heteroatoms. The van der Waals surface area contributed by atoms with Gasteiger partial charge in [0, 0.05) is 33.1 Å². The average Bonchev–Trinajstić information content (AvgIpc) is 3.17. The van der Waals surface area contributed by atoms with Gasteiger partial charge in [0.05, 0.1) is 14.2 Å². The maximum absolute atomic E-state index is 5.35. The fourth-order valence-electron chi connectivity index (χ4n) is 2.79. The summed E-state index contributed by atoms with van der Waals surface area (Å²) < 4.78 is 12.7. The number of halogens is 1. The summed E-state index contributed by atoms with van der Waals surface area (Å²) in [5.41, 5.74) is 1.22. The number of aromatic nitrogens is 3. The minimum atomic E-state index is 0. The molecule has 28 heavy (non-hydrogen) atoms. The molecule has 0 aliphatic rings. The topological polar surface area (TPSA) is 85.6 Å². The van der Waals surface area contributed by atoms with Gasteiger partial charge in [-0.2, -0.15) is 0 Å². The van der Waals surface area contributed by atoms with Crippen LogP contribution < -0.4 is 20.1 Å². The second kappa shape index (κ2) is 13.2. The number of guanidine groups is 1. The third-order valence-electron chi connectivity index (χ3n) is 4.26. The van der Waals surface area contributed by atoms with Gasteiger partial charge in [-0.25, -0.2) is 0 Å². The largest absolute Gasteiger partial charge is 0.493 e. The molecular weight excluding hydrogens is 471 g/mol. The van der Waals surface area contributed by atoms with Gasteiger partial charge < -0.3 is 24.7 Å². The summed E-state index contributed by atoms with van der Waals surface area (Å²) in [6.45, 7) is 4.48. The fourth-order valence-corrected chi connectivity index (χ4v) is 2.79. The molecule has 2 N–H and O–H groups in total. The summed E-state index contributed by atoms with van der Waals surface area (Å²) in [4.78, 5) is 4.26. The highest BCUT2D eigenvalue weighted by molar-refractivity contribution is 14.0. The Morgan fingerprint density at radius 3 is 2.57 bits per heavy atom. The minimum Gasteiger partial charge on any atom is -0.493 e. The number of aryl methyl sites for hydroxylation is 2. The molecule has 0 atom stereocenters. The first-order valence-electron chi connectivity index (χ1n) is 9.23. The summed E-state index contributed by atoms with van der Waals surface area (Å²) in [6, 6.07) is 6.03. The monoisotopic (exact) mass is 502 g/mol. The Morgan fingerprint density at radius 1 is 1.14 bits per heavy atom. The van der Waals surface area contributed by atoms with Crippen LogP contribution in [0, 0.1) is 0 Å². The van der Waals surface area contributed by atoms with Gasteiger partial charge in [-0.15, -0.1) is 34.2 Å². The van der Waals surface area contributed by atoms with E-state index in [-0.39, 0.29) is 24.0 Å². The van der Waals surface area contributed by atoms with Gasteiger partial charge in [0.2, 0.25) is 0 Å². The number of aliphatic imine (C=N–C) groups is 1. The van der Waals surface area contributed by atoms with Crippen LogP contribution in [0.4, 0.5) is 0 Å². The summed E-state index contributed by atoms with van der Waals surface area (Å²) in [5, 5.41) is 14.7. The molecule has 1 aromatic carbocycles. The van der Waals surface area contributed by atoms with E-state index in [0.717, 1.165) is 62.2 Å². The second-order valence-electron chi connectivity index (χ2n) is 6.01. The smallest absolute Gasteiger partial charge is 0.191 e. The van der Waals surface area contributed by atoms with Crippen LogP contribution in [-0.2, 0) is 19.4 Å². The van der Waals surface area contributed by atoms with Crippen LogP contribution >= 0.6 is 24.0 Å². The Labute approximate surface area is 184 Å². The van der Waals surface area contributed by atoms with Gasteiger partial charge in [0.25, 0.3) is 0 Å². The molecule has 0 saturated carbocycles. The van der Waals surface area contributed by atoms with Crippen LogP contribution in [0.15, 0.2) is 29.5 Å². The Kier molecular flexibility index (Phi) is 11.3. The van der Waals surface area contributed by atoms with E-state index in [1.54, 1.807) is 27.6 Å². The Balaban J connectivity index is 0.00000392. The Hall–Kier alpha value is -2.04. The Bertz CT molecular complexity index is 735. The number of hydrogen-bond acceptors (Lipinski definition) is 5. The predicted molar refractivity (Wildman–Crippen MR) is 122 cm³/mol. The van der Waals surface area contributed by atoms with Gasteiger partial charge >= 0.3 is 0 Å². The second-order valence-corrected chi connectivity index (χ2v) is 6.01. The third-order valence-corrected chi connectivity index (χ3v) is 4.26. The van der Waals surface area contributed by atoms with E-state index in [1.807, 2.05) is 12.1 Å². The van der Waals surface area contributed by atoms with Crippen molar-refractivity contribution >= 4 is 29.9 Å². The predicted octanol–water partition coefficient (Wildman–Crippen LogP) is 2.27. The van der Waals surface area contributed by atoms with E-state index in [1.165, 1.54) is 5.56 Å². The van der Waals surface area contributed by atoms with Gasteiger partial charge in [0.15, 0.2) is 17.5 Å². The van der Waals surface area contributed by atoms with Crippen molar-refractivity contribution in [3.63, 3.8) is 0 Å². The number of ether oxygens (including phenoxy) is 2. The summed E-state index contributed by atoms with van der Waals surface area (Å²) >= 11 is 0. The first-order chi connectivity index (χ1) is 13.2. The van der Waals surface area contributed by atoms with Crippen molar-refractivity contribution in [1.29, 1.82) is 0 Å². The molecule has 0 bridgehead atoms. The zero-order valence-corrected chi connectivity index (χ0v) is 19.4. The van der Waals surface area contributed by atoms with Crippen molar-refractivity contribution in [3.8, 4) is 11.5 Å². The SMILES string of the molecule is CCc1nncn1CCNC(=NC)NCCCc1ccc(OC)c(OC)c1.I. The number of hydrogen-bond donors (Lipinski definition) is 2. The molecule has 8 nitrogen and oxygen atoms in total. The lowest BCUT2D eigenvalue weighted by Gasteiger charge is -2.13. The molecule has 0 amide bonds. The summed E-state index contributed by atoms with van der Waals surface area (Å²) in [6.07, 6.45) is 4.58. The molecule has 156 valence electrons. The molecule has 0 radical (unpaired) electrons. The molecule has 1 aromatic heterocycles. The highest BCUT2D eigenvalue weighted by Crippen LogP contribution is 2.27. The fraction of sp³-hybridized carbons (Fsp3) is 0.526. The lowest BCUT2D eigenvalue weighted by atomic mass is 10.1.